The Kier molecular flexibility index (Phi) is 5.31. The van der Waals surface area contributed by atoms with Crippen molar-refractivity contribution in [3.8, 4) is 0 Å². The Morgan fingerprint density at radius 3 is 2.30 bits per heavy atom. The van der Waals surface area contributed by atoms with Crippen molar-refractivity contribution in [3.05, 3.63) is 35.6 Å². The third-order valence-corrected chi connectivity index (χ3v) is 3.99. The molecule has 0 saturated heterocycles. The standard InChI is InChI=1S/C16H19FN2O4/c17-12-5-3-11(4-6-12)14(21)18-10-7-13(20)19-16(15(22)23)8-1-2-9-16/h3-6H,1-2,7-10H2,(H,18,21)(H,19,20)(H,22,23). The van der Waals surface area contributed by atoms with E-state index in [0.717, 1.165) is 12.8 Å². The van der Waals surface area contributed by atoms with E-state index in [9.17, 15) is 23.9 Å². The lowest BCUT2D eigenvalue weighted by Crippen LogP contribution is -2.52. The summed E-state index contributed by atoms with van der Waals surface area (Å²) in [5.41, 5.74) is -0.873. The van der Waals surface area contributed by atoms with Crippen molar-refractivity contribution in [2.24, 2.45) is 0 Å². The molecule has 0 heterocycles. The molecule has 0 unspecified atom stereocenters. The molecule has 1 saturated carbocycles. The van der Waals surface area contributed by atoms with Gasteiger partial charge in [0.2, 0.25) is 5.91 Å². The number of rotatable bonds is 6. The zero-order valence-corrected chi connectivity index (χ0v) is 12.6. The Morgan fingerprint density at radius 1 is 1.13 bits per heavy atom. The van der Waals surface area contributed by atoms with Crippen molar-refractivity contribution in [2.75, 3.05) is 6.54 Å². The molecule has 1 aromatic carbocycles. The predicted molar refractivity (Wildman–Crippen MR) is 80.3 cm³/mol. The van der Waals surface area contributed by atoms with Gasteiger partial charge in [0.05, 0.1) is 0 Å². The number of carbonyl (C=O) groups excluding carboxylic acids is 2. The monoisotopic (exact) mass is 322 g/mol. The molecule has 0 aromatic heterocycles. The first-order chi connectivity index (χ1) is 10.9. The van der Waals surface area contributed by atoms with Crippen molar-refractivity contribution < 1.29 is 23.9 Å². The van der Waals surface area contributed by atoms with Crippen LogP contribution in [-0.4, -0.2) is 35.0 Å². The van der Waals surface area contributed by atoms with Gasteiger partial charge in [-0.05, 0) is 37.1 Å². The Balaban J connectivity index is 1.79. The SMILES string of the molecule is O=C(CCNC(=O)c1ccc(F)cc1)NC1(C(=O)O)CCCC1. The second kappa shape index (κ2) is 7.21. The third-order valence-electron chi connectivity index (χ3n) is 3.99. The quantitative estimate of drug-likeness (QED) is 0.739. The summed E-state index contributed by atoms with van der Waals surface area (Å²) in [6, 6.07) is 5.06. The number of halogens is 1. The predicted octanol–water partition coefficient (Wildman–Crippen LogP) is 1.46. The molecule has 0 radical (unpaired) electrons. The van der Waals surface area contributed by atoms with Crippen LogP contribution in [0.1, 0.15) is 42.5 Å². The van der Waals surface area contributed by atoms with E-state index in [2.05, 4.69) is 10.6 Å². The normalized spacial score (nSPS) is 15.9. The van der Waals surface area contributed by atoms with Crippen molar-refractivity contribution in [2.45, 2.75) is 37.6 Å². The number of carboxylic acid groups (broad SMARTS) is 1. The van der Waals surface area contributed by atoms with Crippen LogP contribution in [0.15, 0.2) is 24.3 Å². The zero-order valence-electron chi connectivity index (χ0n) is 12.6. The van der Waals surface area contributed by atoms with Gasteiger partial charge in [0, 0.05) is 18.5 Å². The summed E-state index contributed by atoms with van der Waals surface area (Å²) in [5.74, 6) is -2.27. The summed E-state index contributed by atoms with van der Waals surface area (Å²) in [7, 11) is 0. The molecule has 2 rings (SSSR count). The van der Waals surface area contributed by atoms with Crippen LogP contribution in [0, 0.1) is 5.82 Å². The van der Waals surface area contributed by atoms with E-state index < -0.39 is 29.1 Å². The molecule has 1 aliphatic carbocycles. The highest BCUT2D eigenvalue weighted by Gasteiger charge is 2.42. The first-order valence-corrected chi connectivity index (χ1v) is 7.51. The molecule has 1 aliphatic rings. The highest BCUT2D eigenvalue weighted by atomic mass is 19.1. The number of hydrogen-bond acceptors (Lipinski definition) is 3. The van der Waals surface area contributed by atoms with Gasteiger partial charge < -0.3 is 15.7 Å². The summed E-state index contributed by atoms with van der Waals surface area (Å²) in [4.78, 5) is 35.0. The smallest absolute Gasteiger partial charge is 0.329 e. The summed E-state index contributed by atoms with van der Waals surface area (Å²) >= 11 is 0. The number of amides is 2. The van der Waals surface area contributed by atoms with Crippen LogP contribution in [0.25, 0.3) is 0 Å². The van der Waals surface area contributed by atoms with Gasteiger partial charge in [-0.15, -0.1) is 0 Å². The molecule has 23 heavy (non-hydrogen) atoms. The van der Waals surface area contributed by atoms with Crippen LogP contribution in [0.2, 0.25) is 0 Å². The molecule has 0 bridgehead atoms. The molecule has 7 heteroatoms. The molecule has 1 fully saturated rings. The number of hydrogen-bond donors (Lipinski definition) is 3. The molecular weight excluding hydrogens is 303 g/mol. The largest absolute Gasteiger partial charge is 0.480 e. The van der Waals surface area contributed by atoms with Gasteiger partial charge in [-0.25, -0.2) is 9.18 Å². The van der Waals surface area contributed by atoms with Crippen molar-refractivity contribution >= 4 is 17.8 Å². The van der Waals surface area contributed by atoms with Crippen LogP contribution < -0.4 is 10.6 Å². The van der Waals surface area contributed by atoms with E-state index in [4.69, 9.17) is 0 Å². The van der Waals surface area contributed by atoms with E-state index in [-0.39, 0.29) is 13.0 Å². The number of benzene rings is 1. The van der Waals surface area contributed by atoms with Crippen LogP contribution >= 0.6 is 0 Å². The topological polar surface area (TPSA) is 95.5 Å². The van der Waals surface area contributed by atoms with Gasteiger partial charge in [0.1, 0.15) is 11.4 Å². The maximum atomic E-state index is 12.8. The average molecular weight is 322 g/mol. The van der Waals surface area contributed by atoms with Gasteiger partial charge in [0.25, 0.3) is 5.91 Å². The highest BCUT2D eigenvalue weighted by molar-refractivity contribution is 5.94. The summed E-state index contributed by atoms with van der Waals surface area (Å²) in [5, 5.41) is 14.4. The van der Waals surface area contributed by atoms with Crippen LogP contribution in [0.4, 0.5) is 4.39 Å². The van der Waals surface area contributed by atoms with Crippen LogP contribution in [0.3, 0.4) is 0 Å². The fourth-order valence-corrected chi connectivity index (χ4v) is 2.69. The maximum Gasteiger partial charge on any atom is 0.329 e. The van der Waals surface area contributed by atoms with E-state index in [0.29, 0.717) is 18.4 Å². The second-order valence-corrected chi connectivity index (χ2v) is 5.66. The van der Waals surface area contributed by atoms with E-state index >= 15 is 0 Å². The minimum atomic E-state index is -1.17. The van der Waals surface area contributed by atoms with Gasteiger partial charge in [0.15, 0.2) is 0 Å². The summed E-state index contributed by atoms with van der Waals surface area (Å²) < 4.78 is 12.8. The zero-order chi connectivity index (χ0) is 16.9. The lowest BCUT2D eigenvalue weighted by molar-refractivity contribution is -0.147. The molecule has 124 valence electrons. The van der Waals surface area contributed by atoms with E-state index in [1.807, 2.05) is 0 Å². The van der Waals surface area contributed by atoms with Gasteiger partial charge >= 0.3 is 5.97 Å². The third kappa shape index (κ3) is 4.28. The molecule has 0 spiro atoms. The Bertz CT molecular complexity index is 595. The number of carboxylic acids is 1. The van der Waals surface area contributed by atoms with E-state index in [1.165, 1.54) is 24.3 Å². The number of nitrogens with one attached hydrogen (secondary N) is 2. The van der Waals surface area contributed by atoms with Crippen molar-refractivity contribution in [1.29, 1.82) is 0 Å². The maximum absolute atomic E-state index is 12.8. The van der Waals surface area contributed by atoms with E-state index in [1.54, 1.807) is 0 Å². The molecule has 0 atom stereocenters. The first-order valence-electron chi connectivity index (χ1n) is 7.51. The second-order valence-electron chi connectivity index (χ2n) is 5.66. The molecule has 3 N–H and O–H groups in total. The van der Waals surface area contributed by atoms with Crippen molar-refractivity contribution in [3.63, 3.8) is 0 Å². The van der Waals surface area contributed by atoms with Gasteiger partial charge in [-0.2, -0.15) is 0 Å². The van der Waals surface area contributed by atoms with Crippen molar-refractivity contribution in [1.82, 2.24) is 10.6 Å². The Hall–Kier alpha value is -2.44. The molecule has 2 amide bonds. The lowest BCUT2D eigenvalue weighted by Gasteiger charge is -2.25. The highest BCUT2D eigenvalue weighted by Crippen LogP contribution is 2.29. The molecule has 0 aliphatic heterocycles. The van der Waals surface area contributed by atoms with Crippen LogP contribution in [-0.2, 0) is 9.59 Å². The number of aliphatic carboxylic acids is 1. The fourth-order valence-electron chi connectivity index (χ4n) is 2.69. The Morgan fingerprint density at radius 2 is 1.74 bits per heavy atom. The minimum absolute atomic E-state index is 0.0119. The molecular formula is C16H19FN2O4. The summed E-state index contributed by atoms with van der Waals surface area (Å²) in [6.07, 6.45) is 2.38. The fraction of sp³-hybridized carbons (Fsp3) is 0.438. The Labute approximate surface area is 133 Å². The first kappa shape index (κ1) is 16.9. The average Bonchev–Trinajstić information content (AvgIpc) is 2.97. The van der Waals surface area contributed by atoms with Crippen LogP contribution in [0.5, 0.6) is 0 Å². The van der Waals surface area contributed by atoms with Gasteiger partial charge in [-0.3, -0.25) is 9.59 Å². The molecule has 1 aromatic rings. The van der Waals surface area contributed by atoms with Gasteiger partial charge in [-0.1, -0.05) is 12.8 Å². The molecule has 6 nitrogen and oxygen atoms in total. The summed E-state index contributed by atoms with van der Waals surface area (Å²) in [6.45, 7) is 0.0811. The number of carbonyl (C=O) groups is 3. The lowest BCUT2D eigenvalue weighted by atomic mass is 9.97. The minimum Gasteiger partial charge on any atom is -0.480 e.